The van der Waals surface area contributed by atoms with E-state index in [1.165, 1.54) is 0 Å². The fourth-order valence-corrected chi connectivity index (χ4v) is 4.71. The summed E-state index contributed by atoms with van der Waals surface area (Å²) in [6, 6.07) is 11.7. The average molecular weight is 421 g/mol. The molecule has 1 aliphatic heterocycles. The number of rotatable bonds is 5. The molecule has 0 spiro atoms. The third kappa shape index (κ3) is 3.99. The van der Waals surface area contributed by atoms with Gasteiger partial charge in [0.1, 0.15) is 5.70 Å². The van der Waals surface area contributed by atoms with Gasteiger partial charge in [-0.25, -0.2) is 4.99 Å². The number of halogens is 1. The fourth-order valence-electron chi connectivity index (χ4n) is 2.24. The summed E-state index contributed by atoms with van der Waals surface area (Å²) in [6.07, 6.45) is 4.10. The molecule has 2 aromatic rings. The molecule has 0 fully saturated rings. The fraction of sp³-hybridized carbons (Fsp3) is 0.222. The number of para-hydroxylation sites is 1. The van der Waals surface area contributed by atoms with Crippen molar-refractivity contribution in [3.8, 4) is 0 Å². The summed E-state index contributed by atoms with van der Waals surface area (Å²) in [4.78, 5) is 20.2. The van der Waals surface area contributed by atoms with Crippen molar-refractivity contribution in [3.05, 3.63) is 56.8 Å². The van der Waals surface area contributed by atoms with Crippen LogP contribution in [0.4, 0.5) is 5.69 Å². The van der Waals surface area contributed by atoms with Crippen LogP contribution in [-0.4, -0.2) is 16.8 Å². The lowest BCUT2D eigenvalue weighted by Crippen LogP contribution is -2.30. The van der Waals surface area contributed by atoms with Gasteiger partial charge in [-0.05, 0) is 46.6 Å². The van der Waals surface area contributed by atoms with E-state index < -0.39 is 0 Å². The highest BCUT2D eigenvalue weighted by atomic mass is 79.9. The van der Waals surface area contributed by atoms with Crippen molar-refractivity contribution in [2.75, 3.05) is 10.7 Å². The van der Waals surface area contributed by atoms with Gasteiger partial charge in [0.2, 0.25) is 0 Å². The molecular formula is C18H17BrN2OS2. The van der Waals surface area contributed by atoms with Gasteiger partial charge < -0.3 is 0 Å². The summed E-state index contributed by atoms with van der Waals surface area (Å²) in [5, 5.41) is 2.77. The van der Waals surface area contributed by atoms with Gasteiger partial charge >= 0.3 is 0 Å². The number of aliphatic imine (C=N–C) groups is 1. The highest BCUT2D eigenvalue weighted by Gasteiger charge is 2.31. The van der Waals surface area contributed by atoms with Gasteiger partial charge in [0.15, 0.2) is 5.17 Å². The number of carbonyl (C=O) groups excluding carboxylic acids is 1. The van der Waals surface area contributed by atoms with Crippen LogP contribution in [0.25, 0.3) is 6.08 Å². The predicted molar refractivity (Wildman–Crippen MR) is 109 cm³/mol. The Bertz CT molecular complexity index is 783. The normalized spacial score (nSPS) is 16.1. The van der Waals surface area contributed by atoms with Crippen molar-refractivity contribution in [3.63, 3.8) is 0 Å². The van der Waals surface area contributed by atoms with Crippen molar-refractivity contribution >= 4 is 61.9 Å². The van der Waals surface area contributed by atoms with Gasteiger partial charge in [0.25, 0.3) is 5.91 Å². The number of amidine groups is 1. The number of amides is 1. The van der Waals surface area contributed by atoms with Gasteiger partial charge in [-0.2, -0.15) is 0 Å². The minimum Gasteiger partial charge on any atom is -0.266 e. The predicted octanol–water partition coefficient (Wildman–Crippen LogP) is 5.79. The zero-order chi connectivity index (χ0) is 16.9. The third-order valence-electron chi connectivity index (χ3n) is 3.44. The van der Waals surface area contributed by atoms with E-state index in [1.54, 1.807) is 28.0 Å². The number of hydrogen-bond donors (Lipinski definition) is 0. The standard InChI is InChI=1S/C18H17BrN2OS2/c1-2-3-9-23-18-20-16(11-15-10-13(19)12-24-15)17(22)21(18)14-7-5-4-6-8-14/h4-8,10-12H,2-3,9H2,1H3. The first-order chi connectivity index (χ1) is 11.7. The monoisotopic (exact) mass is 420 g/mol. The molecule has 6 heteroatoms. The Morgan fingerprint density at radius 2 is 2.12 bits per heavy atom. The summed E-state index contributed by atoms with van der Waals surface area (Å²) in [6.45, 7) is 2.16. The summed E-state index contributed by atoms with van der Waals surface area (Å²) >= 11 is 6.68. The van der Waals surface area contributed by atoms with E-state index in [9.17, 15) is 4.79 Å². The van der Waals surface area contributed by atoms with Crippen molar-refractivity contribution in [2.24, 2.45) is 4.99 Å². The molecule has 0 radical (unpaired) electrons. The van der Waals surface area contributed by atoms with Crippen LogP contribution in [0.2, 0.25) is 0 Å². The molecule has 1 aromatic carbocycles. The first-order valence-corrected chi connectivity index (χ1v) is 10.4. The molecular weight excluding hydrogens is 404 g/mol. The van der Waals surface area contributed by atoms with Crippen molar-refractivity contribution < 1.29 is 4.79 Å². The topological polar surface area (TPSA) is 32.7 Å². The van der Waals surface area contributed by atoms with Gasteiger partial charge in [-0.15, -0.1) is 11.3 Å². The number of nitrogens with zero attached hydrogens (tertiary/aromatic N) is 2. The molecule has 1 aromatic heterocycles. The summed E-state index contributed by atoms with van der Waals surface area (Å²) in [5.74, 6) is 0.897. The smallest absolute Gasteiger partial charge is 0.266 e. The minimum absolute atomic E-state index is 0.0651. The van der Waals surface area contributed by atoms with E-state index in [1.807, 2.05) is 47.9 Å². The molecule has 0 aliphatic carbocycles. The number of carbonyl (C=O) groups is 1. The number of benzene rings is 1. The van der Waals surface area contributed by atoms with Crippen LogP contribution in [0.5, 0.6) is 0 Å². The van der Waals surface area contributed by atoms with Crippen molar-refractivity contribution in [1.82, 2.24) is 0 Å². The molecule has 0 saturated heterocycles. The largest absolute Gasteiger partial charge is 0.283 e. The first-order valence-electron chi connectivity index (χ1n) is 7.75. The van der Waals surface area contributed by atoms with E-state index in [0.29, 0.717) is 5.70 Å². The summed E-state index contributed by atoms with van der Waals surface area (Å²) in [5.41, 5.74) is 1.35. The number of thioether (sulfide) groups is 1. The Labute approximate surface area is 158 Å². The lowest BCUT2D eigenvalue weighted by atomic mass is 10.3. The number of unbranched alkanes of at least 4 members (excludes halogenated alkanes) is 1. The van der Waals surface area contributed by atoms with Crippen LogP contribution >= 0.6 is 39.0 Å². The maximum Gasteiger partial charge on any atom is 0.283 e. The Balaban J connectivity index is 1.91. The lowest BCUT2D eigenvalue weighted by molar-refractivity contribution is -0.113. The molecule has 24 heavy (non-hydrogen) atoms. The molecule has 3 rings (SSSR count). The van der Waals surface area contributed by atoms with Crippen LogP contribution in [-0.2, 0) is 4.79 Å². The Kier molecular flexibility index (Phi) is 5.92. The molecule has 0 unspecified atom stereocenters. The average Bonchev–Trinajstić information content (AvgIpc) is 3.13. The van der Waals surface area contributed by atoms with E-state index in [0.717, 1.165) is 38.8 Å². The molecule has 1 amide bonds. The first kappa shape index (κ1) is 17.5. The number of hydrogen-bond acceptors (Lipinski definition) is 4. The summed E-state index contributed by atoms with van der Waals surface area (Å²) in [7, 11) is 0. The molecule has 124 valence electrons. The number of anilines is 1. The molecule has 0 N–H and O–H groups in total. The second-order valence-electron chi connectivity index (χ2n) is 5.27. The molecule has 0 bridgehead atoms. The maximum absolute atomic E-state index is 12.9. The van der Waals surface area contributed by atoms with E-state index >= 15 is 0 Å². The van der Waals surface area contributed by atoms with Crippen LogP contribution in [0.15, 0.2) is 56.9 Å². The quantitative estimate of drug-likeness (QED) is 0.452. The Hall–Kier alpha value is -1.37. The van der Waals surface area contributed by atoms with Crippen molar-refractivity contribution in [1.29, 1.82) is 0 Å². The third-order valence-corrected chi connectivity index (χ3v) is 6.11. The zero-order valence-corrected chi connectivity index (χ0v) is 16.5. The highest BCUT2D eigenvalue weighted by Crippen LogP contribution is 2.31. The van der Waals surface area contributed by atoms with Crippen molar-refractivity contribution in [2.45, 2.75) is 19.8 Å². The van der Waals surface area contributed by atoms with Gasteiger partial charge in [-0.1, -0.05) is 43.3 Å². The molecule has 3 nitrogen and oxygen atoms in total. The van der Waals surface area contributed by atoms with Crippen LogP contribution in [0.1, 0.15) is 24.6 Å². The Morgan fingerprint density at radius 1 is 1.33 bits per heavy atom. The molecule has 2 heterocycles. The van der Waals surface area contributed by atoms with E-state index in [-0.39, 0.29) is 5.91 Å². The second kappa shape index (κ2) is 8.14. The molecule has 0 atom stereocenters. The minimum atomic E-state index is -0.0651. The molecule has 1 aliphatic rings. The van der Waals surface area contributed by atoms with Gasteiger partial charge in [0, 0.05) is 20.5 Å². The number of thiophene rings is 1. The van der Waals surface area contributed by atoms with E-state index in [4.69, 9.17) is 0 Å². The van der Waals surface area contributed by atoms with E-state index in [2.05, 4.69) is 27.8 Å². The van der Waals surface area contributed by atoms with Gasteiger partial charge in [-0.3, -0.25) is 9.69 Å². The van der Waals surface area contributed by atoms with Gasteiger partial charge in [0.05, 0.1) is 5.69 Å². The SMILES string of the molecule is CCCCSC1=NC(=Cc2cc(Br)cs2)C(=O)N1c1ccccc1. The molecule has 0 saturated carbocycles. The summed E-state index contributed by atoms with van der Waals surface area (Å²) < 4.78 is 1.02. The van der Waals surface area contributed by atoms with Crippen LogP contribution < -0.4 is 4.90 Å². The van der Waals surface area contributed by atoms with Crippen LogP contribution in [0, 0.1) is 0 Å². The second-order valence-corrected chi connectivity index (χ2v) is 8.19. The van der Waals surface area contributed by atoms with Crippen LogP contribution in [0.3, 0.4) is 0 Å². The Morgan fingerprint density at radius 3 is 2.79 bits per heavy atom. The maximum atomic E-state index is 12.9. The highest BCUT2D eigenvalue weighted by molar-refractivity contribution is 9.10. The zero-order valence-electron chi connectivity index (χ0n) is 13.2. The lowest BCUT2D eigenvalue weighted by Gasteiger charge is -2.17.